The average molecular weight is 1050 g/mol. The summed E-state index contributed by atoms with van der Waals surface area (Å²) >= 11 is 0. The summed E-state index contributed by atoms with van der Waals surface area (Å²) in [6, 6.07) is 20.5. The van der Waals surface area contributed by atoms with E-state index >= 15 is 0 Å². The van der Waals surface area contributed by atoms with Crippen LogP contribution in [-0.2, 0) is 31.2 Å². The number of aryl methyl sites for hydroxylation is 2. The number of sulfone groups is 2. The number of methoxy groups -OCH3 is 6. The van der Waals surface area contributed by atoms with Crippen LogP contribution in [0.5, 0.6) is 34.8 Å². The van der Waals surface area contributed by atoms with Crippen LogP contribution in [0.4, 0.5) is 0 Å². The normalized spacial score (nSPS) is 12.2. The zero-order chi connectivity index (χ0) is 53.2. The summed E-state index contributed by atoms with van der Waals surface area (Å²) < 4.78 is 88.6. The fourth-order valence-electron chi connectivity index (χ4n) is 7.34. The smallest absolute Gasteiger partial charge is 0.213 e. The molecule has 8 aromatic rings. The molecule has 2 aromatic carbocycles. The van der Waals surface area contributed by atoms with E-state index in [-0.39, 0.29) is 34.7 Å². The minimum atomic E-state index is -3.91. The third-order valence-electron chi connectivity index (χ3n) is 10.8. The maximum absolute atomic E-state index is 13.2. The Bertz CT molecular complexity index is 3160. The average Bonchev–Trinajstić information content (AvgIpc) is 4.01. The summed E-state index contributed by atoms with van der Waals surface area (Å²) in [6.45, 7) is 3.49. The van der Waals surface area contributed by atoms with Crippen LogP contribution in [0.2, 0.25) is 0 Å². The third-order valence-corrected chi connectivity index (χ3v) is 13.9. The Morgan fingerprint density at radius 1 is 0.473 bits per heavy atom. The molecule has 2 N–H and O–H groups in total. The second-order valence-electron chi connectivity index (χ2n) is 16.0. The molecule has 0 saturated carbocycles. The second-order valence-corrected chi connectivity index (χ2v) is 20.2. The lowest BCUT2D eigenvalue weighted by Gasteiger charge is -2.17. The van der Waals surface area contributed by atoms with Gasteiger partial charge >= 0.3 is 0 Å². The number of benzene rings is 2. The number of hydrogen-bond acceptors (Lipinski definition) is 22. The van der Waals surface area contributed by atoms with Crippen molar-refractivity contribution in [1.82, 2.24) is 59.4 Å². The van der Waals surface area contributed by atoms with Crippen molar-refractivity contribution >= 4 is 19.7 Å². The molecule has 0 radical (unpaired) electrons. The Labute approximate surface area is 425 Å². The van der Waals surface area contributed by atoms with Gasteiger partial charge < -0.3 is 38.6 Å². The van der Waals surface area contributed by atoms with Crippen LogP contribution in [0.15, 0.2) is 97.6 Å². The molecule has 74 heavy (non-hydrogen) atoms. The summed E-state index contributed by atoms with van der Waals surface area (Å²) in [7, 11) is 1.10. The minimum Gasteiger partial charge on any atom is -0.494 e. The fourth-order valence-corrected chi connectivity index (χ4v) is 10.0. The zero-order valence-electron chi connectivity index (χ0n) is 41.4. The van der Waals surface area contributed by atoms with Crippen LogP contribution in [0, 0.1) is 13.8 Å². The summed E-state index contributed by atoms with van der Waals surface area (Å²) in [5, 5.41) is 37.9. The van der Waals surface area contributed by atoms with Gasteiger partial charge in [-0.05, 0) is 50.2 Å². The van der Waals surface area contributed by atoms with E-state index < -0.39 is 54.9 Å². The first kappa shape index (κ1) is 53.6. The highest BCUT2D eigenvalue weighted by Crippen LogP contribution is 2.38. The van der Waals surface area contributed by atoms with E-state index in [2.05, 4.69) is 50.3 Å². The summed E-state index contributed by atoms with van der Waals surface area (Å²) in [4.78, 5) is 25.2. The minimum absolute atomic E-state index is 0.0737. The van der Waals surface area contributed by atoms with Crippen molar-refractivity contribution in [2.24, 2.45) is 0 Å². The Balaban J connectivity index is 0.000000216. The Morgan fingerprint density at radius 2 is 0.824 bits per heavy atom. The van der Waals surface area contributed by atoms with E-state index in [4.69, 9.17) is 28.4 Å². The van der Waals surface area contributed by atoms with Gasteiger partial charge in [-0.25, -0.2) is 26.8 Å². The molecular formula is C48H52N12O12S2. The third kappa shape index (κ3) is 12.5. The van der Waals surface area contributed by atoms with E-state index in [1.807, 2.05) is 0 Å². The molecule has 0 unspecified atom stereocenters. The number of ether oxygens (including phenoxy) is 6. The van der Waals surface area contributed by atoms with Gasteiger partial charge in [-0.1, -0.05) is 24.3 Å². The van der Waals surface area contributed by atoms with Crippen molar-refractivity contribution in [3.8, 4) is 69.2 Å². The van der Waals surface area contributed by atoms with Gasteiger partial charge in [-0.3, -0.25) is 29.1 Å². The Hall–Kier alpha value is -8.20. The molecule has 0 saturated heterocycles. The highest BCUT2D eigenvalue weighted by atomic mass is 32.2. The van der Waals surface area contributed by atoms with E-state index in [1.165, 1.54) is 76.6 Å². The molecule has 6 aromatic heterocycles. The molecule has 0 spiro atoms. The highest BCUT2D eigenvalue weighted by molar-refractivity contribution is 7.90. The predicted octanol–water partition coefficient (Wildman–Crippen LogP) is 4.20. The van der Waals surface area contributed by atoms with Crippen LogP contribution in [0.3, 0.4) is 0 Å². The summed E-state index contributed by atoms with van der Waals surface area (Å²) in [5.74, 6) is 0.667. The van der Waals surface area contributed by atoms with Crippen molar-refractivity contribution in [3.05, 3.63) is 132 Å². The van der Waals surface area contributed by atoms with Gasteiger partial charge in [0.05, 0.1) is 89.3 Å². The van der Waals surface area contributed by atoms with E-state index in [9.17, 15) is 27.0 Å². The van der Waals surface area contributed by atoms with Crippen molar-refractivity contribution < 1.29 is 55.5 Å². The van der Waals surface area contributed by atoms with Crippen molar-refractivity contribution in [2.45, 2.75) is 37.6 Å². The van der Waals surface area contributed by atoms with Gasteiger partial charge in [0.2, 0.25) is 11.8 Å². The first-order valence-electron chi connectivity index (χ1n) is 22.2. The quantitative estimate of drug-likeness (QED) is 0.108. The van der Waals surface area contributed by atoms with E-state index in [0.717, 1.165) is 0 Å². The zero-order valence-corrected chi connectivity index (χ0v) is 43.0. The lowest BCUT2D eigenvalue weighted by Crippen LogP contribution is -2.19. The summed E-state index contributed by atoms with van der Waals surface area (Å²) in [5.41, 5.74) is 3.18. The fraction of sp³-hybridized carbons (Fsp3) is 0.292. The molecule has 2 atom stereocenters. The van der Waals surface area contributed by atoms with Crippen LogP contribution in [0.1, 0.15) is 46.6 Å². The van der Waals surface area contributed by atoms with Gasteiger partial charge in [-0.15, -0.1) is 20.4 Å². The molecule has 0 amide bonds. The molecule has 8 rings (SSSR count). The topological polar surface area (TPSA) is 303 Å². The predicted molar refractivity (Wildman–Crippen MR) is 267 cm³/mol. The molecule has 0 aliphatic carbocycles. The van der Waals surface area contributed by atoms with Gasteiger partial charge in [0.1, 0.15) is 69.5 Å². The number of nitrogens with zero attached hydrogens (tertiary/aromatic N) is 12. The molecule has 6 heterocycles. The highest BCUT2D eigenvalue weighted by Gasteiger charge is 2.30. The SMILES string of the molecule is COc1cccc(-c2nnc(CS(=O)(=O)C[C@@H](O)c3cnc(C)cn3)n2-c2c(OC)cccc2OC)n1.COc1cccc(-c2nnc(CS(=O)(=O)C[C@H](O)c3cnc(C)cn3)n2-c2c(OC)cccc2OC)n1. The van der Waals surface area contributed by atoms with Crippen LogP contribution >= 0.6 is 0 Å². The first-order valence-corrected chi connectivity index (χ1v) is 25.8. The number of rotatable bonds is 20. The molecule has 26 heteroatoms. The molecule has 0 bridgehead atoms. The molecule has 0 aliphatic rings. The number of aliphatic hydroxyl groups is 2. The standard InChI is InChI=1S/2C24H26N6O6S/c2*1-15-11-26-17(12-25-15)18(31)13-37(32,33)14-21-28-29-24(16-7-5-10-22(27-16)36-4)30(21)23-19(34-2)8-6-9-20(23)35-3/h2*5-12,18,31H,13-14H2,1-4H3/t2*18-/m10/s1. The molecule has 388 valence electrons. The number of aliphatic hydroxyl groups excluding tert-OH is 2. The molecule has 0 fully saturated rings. The van der Waals surface area contributed by atoms with E-state index in [0.29, 0.717) is 68.9 Å². The maximum Gasteiger partial charge on any atom is 0.213 e. The van der Waals surface area contributed by atoms with Crippen LogP contribution < -0.4 is 28.4 Å². The van der Waals surface area contributed by atoms with Crippen LogP contribution in [-0.4, -0.2) is 141 Å². The van der Waals surface area contributed by atoms with Crippen molar-refractivity contribution in [1.29, 1.82) is 0 Å². The van der Waals surface area contributed by atoms with Gasteiger partial charge in [-0.2, -0.15) is 0 Å². The van der Waals surface area contributed by atoms with Crippen molar-refractivity contribution in [2.75, 3.05) is 54.2 Å². The van der Waals surface area contributed by atoms with Crippen molar-refractivity contribution in [3.63, 3.8) is 0 Å². The number of hydrogen-bond donors (Lipinski definition) is 2. The molecule has 24 nitrogen and oxygen atoms in total. The van der Waals surface area contributed by atoms with Gasteiger partial charge in [0.15, 0.2) is 43.0 Å². The Morgan fingerprint density at radius 3 is 1.14 bits per heavy atom. The number of aromatic nitrogens is 12. The lowest BCUT2D eigenvalue weighted by molar-refractivity contribution is 0.195. The second kappa shape index (κ2) is 23.6. The largest absolute Gasteiger partial charge is 0.494 e. The Kier molecular flexibility index (Phi) is 17.1. The monoisotopic (exact) mass is 1050 g/mol. The lowest BCUT2D eigenvalue weighted by atomic mass is 10.2. The van der Waals surface area contributed by atoms with Gasteiger partial charge in [0, 0.05) is 24.5 Å². The van der Waals surface area contributed by atoms with Gasteiger partial charge in [0.25, 0.3) is 0 Å². The van der Waals surface area contributed by atoms with Crippen LogP contribution in [0.25, 0.3) is 34.4 Å². The number of pyridine rings is 2. The number of para-hydroxylation sites is 2. The molecular weight excluding hydrogens is 1000 g/mol. The maximum atomic E-state index is 13.2. The first-order chi connectivity index (χ1) is 35.5. The summed E-state index contributed by atoms with van der Waals surface area (Å²) in [6.07, 6.45) is 2.89. The molecule has 0 aliphatic heterocycles. The van der Waals surface area contributed by atoms with E-state index in [1.54, 1.807) is 86.6 Å².